The van der Waals surface area contributed by atoms with Crippen molar-refractivity contribution in [1.29, 1.82) is 0 Å². The van der Waals surface area contributed by atoms with Crippen LogP contribution in [0.2, 0.25) is 10.0 Å². The number of carbonyl (C=O) groups excluding carboxylic acids is 2. The van der Waals surface area contributed by atoms with Crippen LogP contribution in [-0.2, 0) is 24.4 Å². The predicted octanol–water partition coefficient (Wildman–Crippen LogP) is 3.28. The lowest BCUT2D eigenvalue weighted by Crippen LogP contribution is -2.26. The van der Waals surface area contributed by atoms with Crippen LogP contribution in [0.3, 0.4) is 0 Å². The molecule has 11 heteroatoms. The van der Waals surface area contributed by atoms with Crippen molar-refractivity contribution in [3.63, 3.8) is 0 Å². The van der Waals surface area contributed by atoms with Gasteiger partial charge in [-0.15, -0.1) is 0 Å². The average Bonchev–Trinajstić information content (AvgIpc) is 2.69. The molecule has 0 atom stereocenters. The van der Waals surface area contributed by atoms with Crippen molar-refractivity contribution >= 4 is 50.8 Å². The van der Waals surface area contributed by atoms with Crippen molar-refractivity contribution in [2.24, 2.45) is 0 Å². The van der Waals surface area contributed by atoms with Gasteiger partial charge in [0.2, 0.25) is 0 Å². The van der Waals surface area contributed by atoms with E-state index in [2.05, 4.69) is 10.2 Å². The predicted molar refractivity (Wildman–Crippen MR) is 109 cm³/mol. The largest absolute Gasteiger partial charge is 0.452 e. The highest BCUT2D eigenvalue weighted by molar-refractivity contribution is 7.89. The van der Waals surface area contributed by atoms with Gasteiger partial charge in [-0.3, -0.25) is 9.63 Å². The second kappa shape index (κ2) is 9.55. The van der Waals surface area contributed by atoms with E-state index in [0.717, 1.165) is 6.07 Å². The molecule has 156 valence electrons. The molecule has 0 radical (unpaired) electrons. The fraction of sp³-hybridized carbons (Fsp3) is 0.222. The molecule has 2 aromatic carbocycles. The van der Waals surface area contributed by atoms with E-state index in [9.17, 15) is 18.0 Å². The van der Waals surface area contributed by atoms with Gasteiger partial charge < -0.3 is 10.1 Å². The molecule has 29 heavy (non-hydrogen) atoms. The van der Waals surface area contributed by atoms with Gasteiger partial charge in [-0.25, -0.2) is 13.2 Å². The number of hydroxylamine groups is 1. The fourth-order valence-corrected chi connectivity index (χ4v) is 3.86. The number of hydrogen-bond donors (Lipinski definition) is 1. The van der Waals surface area contributed by atoms with Crippen LogP contribution in [0.5, 0.6) is 0 Å². The summed E-state index contributed by atoms with van der Waals surface area (Å²) in [6, 6.07) is 8.58. The van der Waals surface area contributed by atoms with Crippen molar-refractivity contribution in [1.82, 2.24) is 4.47 Å². The minimum absolute atomic E-state index is 0.0933. The third-order valence-electron chi connectivity index (χ3n) is 3.92. The van der Waals surface area contributed by atoms with Gasteiger partial charge in [-0.2, -0.15) is 0 Å². The van der Waals surface area contributed by atoms with Crippen LogP contribution in [0.25, 0.3) is 0 Å². The van der Waals surface area contributed by atoms with Crippen molar-refractivity contribution in [2.75, 3.05) is 26.1 Å². The first kappa shape index (κ1) is 23.1. The lowest BCUT2D eigenvalue weighted by atomic mass is 10.2. The molecule has 8 nitrogen and oxygen atoms in total. The minimum atomic E-state index is -4.08. The van der Waals surface area contributed by atoms with Gasteiger partial charge in [0.1, 0.15) is 4.90 Å². The maximum Gasteiger partial charge on any atom is 0.338 e. The second-order valence-electron chi connectivity index (χ2n) is 5.78. The molecule has 1 amide bonds. The highest BCUT2D eigenvalue weighted by atomic mass is 35.5. The quantitative estimate of drug-likeness (QED) is 0.502. The molecule has 1 N–H and O–H groups in total. The second-order valence-corrected chi connectivity index (χ2v) is 8.50. The molecule has 0 saturated heterocycles. The molecule has 0 saturated carbocycles. The third kappa shape index (κ3) is 5.46. The summed E-state index contributed by atoms with van der Waals surface area (Å²) in [4.78, 5) is 28.6. The number of hydrogen-bond acceptors (Lipinski definition) is 6. The lowest BCUT2D eigenvalue weighted by molar-refractivity contribution is -0.119. The third-order valence-corrected chi connectivity index (χ3v) is 6.49. The summed E-state index contributed by atoms with van der Waals surface area (Å²) < 4.78 is 30.3. The van der Waals surface area contributed by atoms with E-state index in [1.807, 2.05) is 0 Å². The van der Waals surface area contributed by atoms with Crippen molar-refractivity contribution in [3.8, 4) is 0 Å². The van der Waals surface area contributed by atoms with E-state index in [1.165, 1.54) is 26.3 Å². The maximum absolute atomic E-state index is 12.4. The number of rotatable bonds is 7. The number of sulfonamides is 1. The summed E-state index contributed by atoms with van der Waals surface area (Å²) in [5.74, 6) is -1.47. The van der Waals surface area contributed by atoms with E-state index in [0.29, 0.717) is 20.7 Å². The van der Waals surface area contributed by atoms with Gasteiger partial charge in [0.25, 0.3) is 15.9 Å². The Morgan fingerprint density at radius 2 is 1.83 bits per heavy atom. The van der Waals surface area contributed by atoms with Gasteiger partial charge in [0.15, 0.2) is 6.61 Å². The Morgan fingerprint density at radius 1 is 1.14 bits per heavy atom. The highest BCUT2D eigenvalue weighted by Gasteiger charge is 2.25. The number of amides is 1. The van der Waals surface area contributed by atoms with Gasteiger partial charge in [0.05, 0.1) is 17.7 Å². The van der Waals surface area contributed by atoms with E-state index in [4.69, 9.17) is 27.9 Å². The van der Waals surface area contributed by atoms with Crippen molar-refractivity contribution in [3.05, 3.63) is 57.6 Å². The molecular weight excluding hydrogens is 443 g/mol. The first-order valence-electron chi connectivity index (χ1n) is 8.12. The zero-order valence-electron chi connectivity index (χ0n) is 15.7. The number of nitrogens with zero attached hydrogens (tertiary/aromatic N) is 1. The number of carbonyl (C=O) groups is 2. The van der Waals surface area contributed by atoms with Gasteiger partial charge in [-0.05, 0) is 42.8 Å². The Balaban J connectivity index is 2.10. The normalized spacial score (nSPS) is 11.4. The molecule has 0 heterocycles. The van der Waals surface area contributed by atoms with E-state index < -0.39 is 28.5 Å². The number of anilines is 1. The molecule has 0 aliphatic rings. The summed E-state index contributed by atoms with van der Waals surface area (Å²) in [6.45, 7) is 1.16. The van der Waals surface area contributed by atoms with E-state index in [1.54, 1.807) is 25.1 Å². The molecule has 0 aliphatic carbocycles. The summed E-state index contributed by atoms with van der Waals surface area (Å²) in [5, 5.41) is 2.97. The minimum Gasteiger partial charge on any atom is -0.452 e. The van der Waals surface area contributed by atoms with Crippen LogP contribution >= 0.6 is 23.2 Å². The first-order valence-corrected chi connectivity index (χ1v) is 10.3. The van der Waals surface area contributed by atoms with Gasteiger partial charge in [0, 0.05) is 17.8 Å². The Hall–Kier alpha value is -2.17. The van der Waals surface area contributed by atoms with Crippen LogP contribution in [0.1, 0.15) is 15.9 Å². The van der Waals surface area contributed by atoms with Crippen molar-refractivity contribution in [2.45, 2.75) is 11.8 Å². The summed E-state index contributed by atoms with van der Waals surface area (Å²) >= 11 is 11.9. The van der Waals surface area contributed by atoms with E-state index in [-0.39, 0.29) is 15.5 Å². The molecule has 0 fully saturated rings. The fourth-order valence-electron chi connectivity index (χ4n) is 2.21. The first-order chi connectivity index (χ1) is 13.6. The molecule has 0 aromatic heterocycles. The molecule has 0 bridgehead atoms. The standard InChI is InChI=1S/C18H18Cl2N2O6S/c1-11-13(19)5-4-6-15(11)21-17(23)10-28-18(24)12-7-8-14(20)16(9-12)29(25,26)22(2)27-3/h4-9H,10H2,1-3H3,(H,21,23). The van der Waals surface area contributed by atoms with Crippen LogP contribution in [0, 0.1) is 6.92 Å². The number of nitrogens with one attached hydrogen (secondary N) is 1. The highest BCUT2D eigenvalue weighted by Crippen LogP contribution is 2.26. The molecule has 2 rings (SSSR count). The van der Waals surface area contributed by atoms with Crippen LogP contribution in [0.15, 0.2) is 41.3 Å². The van der Waals surface area contributed by atoms with E-state index >= 15 is 0 Å². The number of benzene rings is 2. The van der Waals surface area contributed by atoms with Gasteiger partial charge >= 0.3 is 5.97 Å². The molecular formula is C18H18Cl2N2O6S. The summed E-state index contributed by atoms with van der Waals surface area (Å²) in [6.07, 6.45) is 0. The molecule has 0 unspecified atom stereocenters. The summed E-state index contributed by atoms with van der Waals surface area (Å²) in [5.41, 5.74) is 1.06. The monoisotopic (exact) mass is 460 g/mol. The smallest absolute Gasteiger partial charge is 0.338 e. The van der Waals surface area contributed by atoms with Crippen LogP contribution in [-0.4, -0.2) is 45.5 Å². The zero-order valence-corrected chi connectivity index (χ0v) is 18.1. The molecule has 2 aromatic rings. The Labute approximate surface area is 178 Å². The lowest BCUT2D eigenvalue weighted by Gasteiger charge is -2.15. The van der Waals surface area contributed by atoms with Crippen LogP contribution < -0.4 is 5.32 Å². The summed E-state index contributed by atoms with van der Waals surface area (Å²) in [7, 11) is -1.73. The van der Waals surface area contributed by atoms with Gasteiger partial charge in [-0.1, -0.05) is 33.7 Å². The topological polar surface area (TPSA) is 102 Å². The Bertz CT molecular complexity index is 1040. The van der Waals surface area contributed by atoms with Crippen LogP contribution in [0.4, 0.5) is 5.69 Å². The number of ether oxygens (including phenoxy) is 1. The van der Waals surface area contributed by atoms with Crippen molar-refractivity contribution < 1.29 is 27.6 Å². The molecule has 0 aliphatic heterocycles. The average molecular weight is 461 g/mol. The molecule has 0 spiro atoms. The SMILES string of the molecule is CON(C)S(=O)(=O)c1cc(C(=O)OCC(=O)Nc2cccc(Cl)c2C)ccc1Cl. The number of esters is 1. The number of halogens is 2. The Kier molecular flexibility index (Phi) is 7.61. The Morgan fingerprint density at radius 3 is 2.48 bits per heavy atom. The zero-order chi connectivity index (χ0) is 21.8. The maximum atomic E-state index is 12.4.